The van der Waals surface area contributed by atoms with Crippen LogP contribution in [0.15, 0.2) is 35.1 Å². The van der Waals surface area contributed by atoms with Crippen molar-refractivity contribution in [2.45, 2.75) is 6.92 Å². The van der Waals surface area contributed by atoms with Crippen LogP contribution in [0.3, 0.4) is 0 Å². The number of halogens is 2. The zero-order valence-corrected chi connectivity index (χ0v) is 15.8. The molecule has 2 aromatic carbocycles. The van der Waals surface area contributed by atoms with Crippen LogP contribution in [0.25, 0.3) is 5.69 Å². The highest BCUT2D eigenvalue weighted by atomic mass is 127. The van der Waals surface area contributed by atoms with Crippen molar-refractivity contribution < 1.29 is 9.31 Å². The summed E-state index contributed by atoms with van der Waals surface area (Å²) in [5.41, 5.74) is 0.342. The summed E-state index contributed by atoms with van der Waals surface area (Å²) in [5, 5.41) is 21.4. The molecule has 1 heterocycles. The first kappa shape index (κ1) is 18.0. The molecule has 0 aliphatic carbocycles. The number of aromatic nitrogens is 4. The largest absolute Gasteiger partial charge is 0.368 e. The monoisotopic (exact) mass is 470 g/mol. The second-order valence-corrected chi connectivity index (χ2v) is 6.70. The first-order valence-corrected chi connectivity index (χ1v) is 8.36. The average molecular weight is 470 g/mol. The second kappa shape index (κ2) is 6.82. The Bertz CT molecular complexity index is 1080. The van der Waals surface area contributed by atoms with Gasteiger partial charge in [-0.25, -0.2) is 4.79 Å². The van der Waals surface area contributed by atoms with E-state index in [0.29, 0.717) is 5.69 Å². The number of hydrogen-bond donors (Lipinski definition) is 1. The second-order valence-electron chi connectivity index (χ2n) is 5.46. The molecule has 3 aromatic rings. The molecule has 0 spiro atoms. The normalized spacial score (nSPS) is 10.8. The average Bonchev–Trinajstić information content (AvgIpc) is 2.89. The minimum Gasteiger partial charge on any atom is -0.353 e. The molecule has 0 saturated heterocycles. The summed E-state index contributed by atoms with van der Waals surface area (Å²) < 4.78 is 17.0. The fourth-order valence-corrected chi connectivity index (χ4v) is 2.99. The Labute approximate surface area is 159 Å². The number of hydrogen-bond acceptors (Lipinski definition) is 6. The van der Waals surface area contributed by atoms with Crippen LogP contribution in [0, 0.1) is 26.4 Å². The van der Waals surface area contributed by atoms with Crippen molar-refractivity contribution in [3.05, 3.63) is 65.9 Å². The van der Waals surface area contributed by atoms with Gasteiger partial charge in [-0.05, 0) is 63.7 Å². The van der Waals surface area contributed by atoms with E-state index in [1.807, 2.05) is 19.1 Å². The van der Waals surface area contributed by atoms with E-state index in [1.165, 1.54) is 7.05 Å². The maximum Gasteiger partial charge on any atom is 0.368 e. The maximum atomic E-state index is 14.2. The quantitative estimate of drug-likeness (QED) is 0.357. The molecule has 0 aliphatic rings. The third-order valence-corrected chi connectivity index (χ3v) is 4.34. The molecule has 9 nitrogen and oxygen atoms in total. The van der Waals surface area contributed by atoms with Crippen molar-refractivity contribution in [1.82, 2.24) is 19.8 Å². The van der Waals surface area contributed by atoms with Crippen molar-refractivity contribution in [1.29, 1.82) is 0 Å². The van der Waals surface area contributed by atoms with Gasteiger partial charge in [0.2, 0.25) is 5.82 Å². The lowest BCUT2D eigenvalue weighted by Crippen LogP contribution is -2.22. The van der Waals surface area contributed by atoms with Gasteiger partial charge in [0, 0.05) is 28.4 Å². The minimum atomic E-state index is -1.03. The Balaban J connectivity index is 2.20. The smallest absolute Gasteiger partial charge is 0.353 e. The Morgan fingerprint density at radius 1 is 1.23 bits per heavy atom. The van der Waals surface area contributed by atoms with E-state index in [-0.39, 0.29) is 11.4 Å². The van der Waals surface area contributed by atoms with Crippen molar-refractivity contribution in [3.63, 3.8) is 0 Å². The van der Waals surface area contributed by atoms with Gasteiger partial charge in [-0.15, -0.1) is 0 Å². The molecule has 1 N–H and O–H groups in total. The Morgan fingerprint density at radius 2 is 1.96 bits per heavy atom. The molecule has 3 rings (SSSR count). The predicted molar refractivity (Wildman–Crippen MR) is 100 cm³/mol. The van der Waals surface area contributed by atoms with Crippen LogP contribution in [-0.4, -0.2) is 24.7 Å². The molecule has 0 radical (unpaired) electrons. The Hall–Kier alpha value is -2.83. The van der Waals surface area contributed by atoms with Crippen LogP contribution in [0.5, 0.6) is 0 Å². The lowest BCUT2D eigenvalue weighted by molar-refractivity contribution is -0.387. The van der Waals surface area contributed by atoms with E-state index in [1.54, 1.807) is 6.07 Å². The number of nitro groups is 1. The van der Waals surface area contributed by atoms with Gasteiger partial charge >= 0.3 is 11.4 Å². The maximum absolute atomic E-state index is 14.2. The predicted octanol–water partition coefficient (Wildman–Crippen LogP) is 2.67. The van der Waals surface area contributed by atoms with Crippen LogP contribution < -0.4 is 11.0 Å². The van der Waals surface area contributed by atoms with Gasteiger partial charge in [0.1, 0.15) is 5.69 Å². The van der Waals surface area contributed by atoms with Crippen molar-refractivity contribution in [2.24, 2.45) is 7.05 Å². The molecule has 11 heteroatoms. The number of nitrogens with one attached hydrogen (secondary N) is 1. The lowest BCUT2D eigenvalue weighted by atomic mass is 10.1. The standard InChI is InChI=1S/C15H12FIN6O3/c1-8-5-9(17)3-4-11(8)18-12-6-10(16)13(23(25)26)7-14(12)22-15(24)21(2)19-20-22/h3-7,18H,1-2H3. The van der Waals surface area contributed by atoms with Gasteiger partial charge in [0.15, 0.2) is 0 Å². The third-order valence-electron chi connectivity index (χ3n) is 3.67. The molecular formula is C15H12FIN6O3. The van der Waals surface area contributed by atoms with Crippen LogP contribution in [-0.2, 0) is 7.05 Å². The van der Waals surface area contributed by atoms with Crippen LogP contribution in [0.4, 0.5) is 21.5 Å². The van der Waals surface area contributed by atoms with Crippen LogP contribution in [0.1, 0.15) is 5.56 Å². The number of aryl methyl sites for hydroxylation is 2. The van der Waals surface area contributed by atoms with E-state index in [9.17, 15) is 19.3 Å². The van der Waals surface area contributed by atoms with Gasteiger partial charge < -0.3 is 5.32 Å². The number of tetrazole rings is 1. The highest BCUT2D eigenvalue weighted by Gasteiger charge is 2.22. The molecule has 134 valence electrons. The highest BCUT2D eigenvalue weighted by molar-refractivity contribution is 14.1. The molecule has 0 aliphatic heterocycles. The molecule has 0 unspecified atom stereocenters. The number of benzene rings is 2. The fraction of sp³-hybridized carbons (Fsp3) is 0.133. The summed E-state index contributed by atoms with van der Waals surface area (Å²) in [6.07, 6.45) is 0. The van der Waals surface area contributed by atoms with E-state index in [2.05, 4.69) is 38.3 Å². The number of anilines is 2. The molecule has 0 saturated carbocycles. The topological polar surface area (TPSA) is 108 Å². The van der Waals surface area contributed by atoms with Crippen molar-refractivity contribution in [2.75, 3.05) is 5.32 Å². The van der Waals surface area contributed by atoms with Gasteiger partial charge in [-0.1, -0.05) is 0 Å². The summed E-state index contributed by atoms with van der Waals surface area (Å²) in [6.45, 7) is 1.86. The molecular weight excluding hydrogens is 458 g/mol. The van der Waals surface area contributed by atoms with E-state index < -0.39 is 22.1 Å². The summed E-state index contributed by atoms with van der Waals surface area (Å²) in [6, 6.07) is 7.48. The Morgan fingerprint density at radius 3 is 2.54 bits per heavy atom. The number of nitrogens with zero attached hydrogens (tertiary/aromatic N) is 5. The van der Waals surface area contributed by atoms with Crippen LogP contribution in [0.2, 0.25) is 0 Å². The lowest BCUT2D eigenvalue weighted by Gasteiger charge is -2.13. The molecule has 0 fully saturated rings. The molecule has 0 bridgehead atoms. The fourth-order valence-electron chi connectivity index (χ4n) is 2.34. The first-order chi connectivity index (χ1) is 12.3. The van der Waals surface area contributed by atoms with Gasteiger partial charge in [-0.3, -0.25) is 10.1 Å². The molecule has 26 heavy (non-hydrogen) atoms. The number of nitro benzene ring substituents is 1. The van der Waals surface area contributed by atoms with Gasteiger partial charge in [-0.2, -0.15) is 13.8 Å². The molecule has 0 atom stereocenters. The number of rotatable bonds is 4. The molecule has 0 amide bonds. The van der Waals surface area contributed by atoms with E-state index >= 15 is 0 Å². The van der Waals surface area contributed by atoms with Crippen molar-refractivity contribution in [3.8, 4) is 5.69 Å². The summed E-state index contributed by atoms with van der Waals surface area (Å²) in [5.74, 6) is -1.03. The Kier molecular flexibility index (Phi) is 4.71. The summed E-state index contributed by atoms with van der Waals surface area (Å²) in [7, 11) is 1.39. The molecule has 1 aromatic heterocycles. The van der Waals surface area contributed by atoms with Crippen LogP contribution >= 0.6 is 22.6 Å². The summed E-state index contributed by atoms with van der Waals surface area (Å²) in [4.78, 5) is 22.4. The zero-order chi connectivity index (χ0) is 19.0. The van der Waals surface area contributed by atoms with Gasteiger partial charge in [0.05, 0.1) is 10.6 Å². The summed E-state index contributed by atoms with van der Waals surface area (Å²) >= 11 is 2.16. The first-order valence-electron chi connectivity index (χ1n) is 7.28. The highest BCUT2D eigenvalue weighted by Crippen LogP contribution is 2.31. The third kappa shape index (κ3) is 3.29. The van der Waals surface area contributed by atoms with E-state index in [0.717, 1.165) is 30.6 Å². The minimum absolute atomic E-state index is 0.0224. The van der Waals surface area contributed by atoms with E-state index in [4.69, 9.17) is 0 Å². The van der Waals surface area contributed by atoms with Crippen molar-refractivity contribution >= 4 is 39.7 Å². The SMILES string of the molecule is Cc1cc(I)ccc1Nc1cc(F)c([N+](=O)[O-])cc1-n1nnn(C)c1=O. The van der Waals surface area contributed by atoms with Gasteiger partial charge in [0.25, 0.3) is 0 Å². The zero-order valence-electron chi connectivity index (χ0n) is 13.6.